The molecule has 0 aliphatic rings. The lowest BCUT2D eigenvalue weighted by atomic mass is 10.3. The van der Waals surface area contributed by atoms with E-state index in [0.717, 1.165) is 0 Å². The van der Waals surface area contributed by atoms with Gasteiger partial charge in [-0.05, 0) is 24.4 Å². The van der Waals surface area contributed by atoms with Crippen LogP contribution in [0, 0.1) is 0 Å². The molecule has 1 rings (SSSR count). The van der Waals surface area contributed by atoms with Crippen molar-refractivity contribution < 1.29 is 0 Å². The number of pyridine rings is 1. The summed E-state index contributed by atoms with van der Waals surface area (Å²) in [4.78, 5) is 5.79. The van der Waals surface area contributed by atoms with Crippen molar-refractivity contribution in [1.82, 2.24) is 15.3 Å². The quantitative estimate of drug-likeness (QED) is 0.432. The second-order valence-electron chi connectivity index (χ2n) is 3.05. The third kappa shape index (κ3) is 3.51. The molecule has 0 saturated heterocycles. The molecule has 0 radical (unpaired) electrons. The number of aromatic nitrogens is 1. The van der Waals surface area contributed by atoms with Gasteiger partial charge in [0, 0.05) is 20.3 Å². The van der Waals surface area contributed by atoms with Crippen LogP contribution in [0.1, 0.15) is 5.69 Å². The van der Waals surface area contributed by atoms with Crippen LogP contribution < -0.4 is 11.2 Å². The van der Waals surface area contributed by atoms with E-state index in [0.29, 0.717) is 16.5 Å². The minimum atomic E-state index is 0.528. The molecule has 1 aromatic rings. The van der Waals surface area contributed by atoms with Crippen molar-refractivity contribution in [2.75, 3.05) is 19.8 Å². The Hall–Kier alpha value is -1.69. The van der Waals surface area contributed by atoms with Crippen molar-refractivity contribution in [3.8, 4) is 0 Å². The fraction of sp³-hybridized carbons (Fsp3) is 0.222. The number of thiocarbonyl (C=S) groups is 1. The lowest BCUT2D eigenvalue weighted by Gasteiger charge is -2.11. The highest BCUT2D eigenvalue weighted by Gasteiger charge is 1.96. The van der Waals surface area contributed by atoms with Crippen LogP contribution >= 0.6 is 12.2 Å². The summed E-state index contributed by atoms with van der Waals surface area (Å²) >= 11 is 4.98. The number of nitrogens with two attached hydrogens (primary N) is 1. The molecule has 6 heteroatoms. The lowest BCUT2D eigenvalue weighted by Crippen LogP contribution is -2.30. The number of hydrogen-bond donors (Lipinski definition) is 2. The van der Waals surface area contributed by atoms with Gasteiger partial charge in [0.1, 0.15) is 5.69 Å². The van der Waals surface area contributed by atoms with E-state index in [1.54, 1.807) is 23.2 Å². The lowest BCUT2D eigenvalue weighted by molar-refractivity contribution is 0.606. The van der Waals surface area contributed by atoms with Crippen LogP contribution in [0.15, 0.2) is 23.4 Å². The normalized spacial score (nSPS) is 10.3. The van der Waals surface area contributed by atoms with Gasteiger partial charge >= 0.3 is 0 Å². The minimum absolute atomic E-state index is 0.528. The van der Waals surface area contributed by atoms with Crippen LogP contribution in [0.5, 0.6) is 0 Å². The molecule has 1 aromatic heterocycles. The largest absolute Gasteiger partial charge is 0.397 e. The molecular weight excluding hydrogens is 210 g/mol. The fourth-order valence-corrected chi connectivity index (χ4v) is 0.839. The molecule has 0 fully saturated rings. The average molecular weight is 223 g/mol. The summed E-state index contributed by atoms with van der Waals surface area (Å²) < 4.78 is 0. The molecule has 0 spiro atoms. The molecule has 0 bridgehead atoms. The van der Waals surface area contributed by atoms with Gasteiger partial charge in [-0.1, -0.05) is 0 Å². The van der Waals surface area contributed by atoms with Crippen molar-refractivity contribution in [2.24, 2.45) is 5.10 Å². The first-order valence-electron chi connectivity index (χ1n) is 4.32. The van der Waals surface area contributed by atoms with Gasteiger partial charge in [-0.2, -0.15) is 5.10 Å². The summed E-state index contributed by atoms with van der Waals surface area (Å²) in [5.74, 6) is 0. The highest BCUT2D eigenvalue weighted by atomic mass is 32.1. The topological polar surface area (TPSA) is 66.5 Å². The van der Waals surface area contributed by atoms with E-state index in [1.165, 1.54) is 6.21 Å². The molecule has 5 nitrogen and oxygen atoms in total. The zero-order valence-corrected chi connectivity index (χ0v) is 9.45. The third-order valence-electron chi connectivity index (χ3n) is 1.62. The van der Waals surface area contributed by atoms with Gasteiger partial charge in [-0.25, -0.2) is 0 Å². The number of hydrazone groups is 1. The van der Waals surface area contributed by atoms with E-state index in [-0.39, 0.29) is 0 Å². The summed E-state index contributed by atoms with van der Waals surface area (Å²) in [6, 6.07) is 3.53. The summed E-state index contributed by atoms with van der Waals surface area (Å²) in [6.45, 7) is 0. The molecule has 0 aromatic carbocycles. The third-order valence-corrected chi connectivity index (χ3v) is 2.08. The van der Waals surface area contributed by atoms with Gasteiger partial charge in [0.2, 0.25) is 0 Å². The first kappa shape index (κ1) is 11.4. The second-order valence-corrected chi connectivity index (χ2v) is 3.43. The maximum absolute atomic E-state index is 5.67. The van der Waals surface area contributed by atoms with Crippen molar-refractivity contribution in [1.29, 1.82) is 0 Å². The monoisotopic (exact) mass is 223 g/mol. The molecule has 1 heterocycles. The number of nitrogens with zero attached hydrogens (tertiary/aromatic N) is 3. The molecule has 0 atom stereocenters. The molecule has 0 amide bonds. The van der Waals surface area contributed by atoms with Crippen molar-refractivity contribution in [3.05, 3.63) is 24.0 Å². The van der Waals surface area contributed by atoms with Gasteiger partial charge < -0.3 is 10.6 Å². The Bertz CT molecular complexity index is 375. The van der Waals surface area contributed by atoms with Gasteiger partial charge in [0.05, 0.1) is 11.9 Å². The van der Waals surface area contributed by atoms with Crippen molar-refractivity contribution >= 4 is 29.2 Å². The van der Waals surface area contributed by atoms with E-state index in [2.05, 4.69) is 15.5 Å². The van der Waals surface area contributed by atoms with Gasteiger partial charge in [0.15, 0.2) is 5.11 Å². The van der Waals surface area contributed by atoms with E-state index < -0.39 is 0 Å². The Kier molecular flexibility index (Phi) is 3.99. The highest BCUT2D eigenvalue weighted by Crippen LogP contribution is 2.02. The molecule has 0 aliphatic carbocycles. The Morgan fingerprint density at radius 2 is 2.40 bits per heavy atom. The summed E-state index contributed by atoms with van der Waals surface area (Å²) in [5, 5.41) is 4.45. The van der Waals surface area contributed by atoms with Crippen LogP contribution in [0.25, 0.3) is 0 Å². The predicted octanol–water partition coefficient (Wildman–Crippen LogP) is 0.434. The molecule has 0 aliphatic heterocycles. The second kappa shape index (κ2) is 5.26. The first-order valence-corrected chi connectivity index (χ1v) is 4.73. The summed E-state index contributed by atoms with van der Waals surface area (Å²) in [6.07, 6.45) is 3.19. The molecule has 0 unspecified atom stereocenters. The van der Waals surface area contributed by atoms with Crippen molar-refractivity contribution in [2.45, 2.75) is 0 Å². The number of anilines is 1. The van der Waals surface area contributed by atoms with Crippen LogP contribution in [-0.4, -0.2) is 35.3 Å². The van der Waals surface area contributed by atoms with Crippen LogP contribution in [0.2, 0.25) is 0 Å². The molecule has 15 heavy (non-hydrogen) atoms. The van der Waals surface area contributed by atoms with E-state index >= 15 is 0 Å². The predicted molar refractivity (Wildman–Crippen MR) is 65.7 cm³/mol. The maximum atomic E-state index is 5.67. The maximum Gasteiger partial charge on any atom is 0.189 e. The Labute approximate surface area is 94.0 Å². The zero-order valence-electron chi connectivity index (χ0n) is 8.64. The summed E-state index contributed by atoms with van der Waals surface area (Å²) in [5.41, 5.74) is 9.56. The standard InChI is InChI=1S/C9H13N5S/c1-14(2)9(15)13-12-6-8-7(10)4-3-5-11-8/h3-6H,10H2,1-2H3,(H,13,15)/b12-6+. The Balaban J connectivity index is 2.59. The molecule has 0 saturated carbocycles. The smallest absolute Gasteiger partial charge is 0.189 e. The van der Waals surface area contributed by atoms with Gasteiger partial charge in [0.25, 0.3) is 0 Å². The summed E-state index contributed by atoms with van der Waals surface area (Å²) in [7, 11) is 3.67. The Morgan fingerprint density at radius 1 is 1.67 bits per heavy atom. The first-order chi connectivity index (χ1) is 7.11. The van der Waals surface area contributed by atoms with Gasteiger partial charge in [-0.15, -0.1) is 0 Å². The van der Waals surface area contributed by atoms with Crippen molar-refractivity contribution in [3.63, 3.8) is 0 Å². The molecule has 80 valence electrons. The van der Waals surface area contributed by atoms with Crippen LogP contribution in [0.3, 0.4) is 0 Å². The highest BCUT2D eigenvalue weighted by molar-refractivity contribution is 7.80. The zero-order chi connectivity index (χ0) is 11.3. The van der Waals surface area contributed by atoms with Crippen LogP contribution in [-0.2, 0) is 0 Å². The number of hydrogen-bond acceptors (Lipinski definition) is 4. The molecular formula is C9H13N5S. The number of nitrogens with one attached hydrogen (secondary N) is 1. The van der Waals surface area contributed by atoms with Gasteiger partial charge in [-0.3, -0.25) is 10.4 Å². The fourth-order valence-electron chi connectivity index (χ4n) is 0.786. The SMILES string of the molecule is CN(C)C(=S)N/N=C/c1ncccc1N. The molecule has 3 N–H and O–H groups in total. The van der Waals surface area contributed by atoms with Crippen LogP contribution in [0.4, 0.5) is 5.69 Å². The number of rotatable bonds is 2. The Morgan fingerprint density at radius 3 is 3.00 bits per heavy atom. The van der Waals surface area contributed by atoms with E-state index in [4.69, 9.17) is 18.0 Å². The minimum Gasteiger partial charge on any atom is -0.397 e. The average Bonchev–Trinajstić information content (AvgIpc) is 2.20. The van der Waals surface area contributed by atoms with E-state index in [9.17, 15) is 0 Å². The number of nitrogen functional groups attached to an aromatic ring is 1. The van der Waals surface area contributed by atoms with E-state index in [1.807, 2.05) is 14.1 Å².